The first-order valence-electron chi connectivity index (χ1n) is 13.9. The van der Waals surface area contributed by atoms with Gasteiger partial charge in [-0.1, -0.05) is 61.7 Å². The molecule has 3 heterocycles. The van der Waals surface area contributed by atoms with Crippen LogP contribution in [0.3, 0.4) is 0 Å². The fraction of sp³-hybridized carbons (Fsp3) is 0.387. The molecule has 2 aromatic carbocycles. The van der Waals surface area contributed by atoms with Crippen LogP contribution in [0.4, 0.5) is 11.4 Å². The predicted molar refractivity (Wildman–Crippen MR) is 151 cm³/mol. The maximum Gasteiger partial charge on any atom is 0.287 e. The van der Waals surface area contributed by atoms with Crippen LogP contribution in [0, 0.1) is 0 Å². The monoisotopic (exact) mass is 526 g/mol. The van der Waals surface area contributed by atoms with Crippen LogP contribution in [-0.2, 0) is 9.59 Å². The normalized spacial score (nSPS) is 20.8. The average Bonchev–Trinajstić information content (AvgIpc) is 3.65. The van der Waals surface area contributed by atoms with Crippen molar-refractivity contribution in [1.29, 1.82) is 0 Å². The number of hydrogen-bond donors (Lipinski definition) is 2. The molecule has 0 bridgehead atoms. The number of para-hydroxylation sites is 3. The van der Waals surface area contributed by atoms with Crippen LogP contribution >= 0.6 is 0 Å². The Bertz CT molecular complexity index is 1380. The Hall–Kier alpha value is -4.07. The van der Waals surface area contributed by atoms with E-state index in [0.717, 1.165) is 49.1 Å². The number of Topliss-reactive ketones (excluding diaryl/α,β-unsaturated/α-hetero) is 1. The molecule has 6 rings (SSSR count). The largest absolute Gasteiger partial charge is 0.451 e. The Morgan fingerprint density at radius 3 is 2.31 bits per heavy atom. The van der Waals surface area contributed by atoms with Gasteiger partial charge in [-0.2, -0.15) is 0 Å². The Labute approximate surface area is 228 Å². The molecule has 3 aliphatic rings. The minimum atomic E-state index is -1.05. The summed E-state index contributed by atoms with van der Waals surface area (Å²) in [5.74, 6) is -0.511. The van der Waals surface area contributed by atoms with Gasteiger partial charge in [-0.3, -0.25) is 14.4 Å². The lowest BCUT2D eigenvalue weighted by molar-refractivity contribution is -0.133. The first-order valence-corrected chi connectivity index (χ1v) is 13.9. The molecule has 2 amide bonds. The number of amides is 2. The summed E-state index contributed by atoms with van der Waals surface area (Å²) in [5.41, 5.74) is 1.74. The average molecular weight is 527 g/mol. The summed E-state index contributed by atoms with van der Waals surface area (Å²) in [6.07, 6.45) is 8.58. The number of nitrogens with one attached hydrogen (secondary N) is 2. The van der Waals surface area contributed by atoms with Crippen molar-refractivity contribution in [3.8, 4) is 0 Å². The van der Waals surface area contributed by atoms with Gasteiger partial charge in [0.15, 0.2) is 11.5 Å². The van der Waals surface area contributed by atoms with Gasteiger partial charge in [-0.05, 0) is 43.5 Å². The minimum absolute atomic E-state index is 0.0153. The van der Waals surface area contributed by atoms with Crippen LogP contribution in [0.1, 0.15) is 49.1 Å². The number of anilines is 2. The zero-order chi connectivity index (χ0) is 26.8. The maximum atomic E-state index is 13.7. The van der Waals surface area contributed by atoms with Crippen molar-refractivity contribution in [2.24, 2.45) is 0 Å². The third kappa shape index (κ3) is 5.03. The number of nitrogens with zero attached hydrogens (tertiary/aromatic N) is 2. The molecule has 8 heteroatoms. The molecule has 1 saturated heterocycles. The van der Waals surface area contributed by atoms with E-state index in [2.05, 4.69) is 44.7 Å². The molecular formula is C31H34N4O4. The summed E-state index contributed by atoms with van der Waals surface area (Å²) in [6, 6.07) is 16.7. The topological polar surface area (TPSA) is 94.9 Å². The van der Waals surface area contributed by atoms with E-state index in [1.165, 1.54) is 0 Å². The van der Waals surface area contributed by atoms with Crippen molar-refractivity contribution in [3.63, 3.8) is 0 Å². The van der Waals surface area contributed by atoms with Gasteiger partial charge in [0.05, 0.1) is 24.0 Å². The van der Waals surface area contributed by atoms with Crippen LogP contribution in [0.15, 0.2) is 71.2 Å². The summed E-state index contributed by atoms with van der Waals surface area (Å²) in [4.78, 5) is 44.6. The Kier molecular flexibility index (Phi) is 6.85. The van der Waals surface area contributed by atoms with Gasteiger partial charge in [0.25, 0.3) is 5.91 Å². The smallest absolute Gasteiger partial charge is 0.287 e. The van der Waals surface area contributed by atoms with E-state index in [1.54, 1.807) is 6.07 Å². The number of ketones is 1. The van der Waals surface area contributed by atoms with Crippen LogP contribution < -0.4 is 20.4 Å². The maximum absolute atomic E-state index is 13.7. The molecule has 39 heavy (non-hydrogen) atoms. The molecule has 3 aromatic rings. The van der Waals surface area contributed by atoms with Crippen LogP contribution in [0.5, 0.6) is 0 Å². The molecule has 0 radical (unpaired) electrons. The van der Waals surface area contributed by atoms with Crippen molar-refractivity contribution >= 4 is 39.9 Å². The summed E-state index contributed by atoms with van der Waals surface area (Å²) < 4.78 is 5.75. The first-order chi connectivity index (χ1) is 19.0. The quantitative estimate of drug-likeness (QED) is 0.468. The van der Waals surface area contributed by atoms with Gasteiger partial charge in [0, 0.05) is 25.0 Å². The minimum Gasteiger partial charge on any atom is -0.451 e. The molecule has 1 atom stereocenters. The highest BCUT2D eigenvalue weighted by Gasteiger charge is 2.43. The van der Waals surface area contributed by atoms with E-state index in [9.17, 15) is 14.4 Å². The second-order valence-electron chi connectivity index (χ2n) is 10.8. The molecule has 202 valence electrons. The molecule has 2 fully saturated rings. The highest BCUT2D eigenvalue weighted by atomic mass is 16.3. The van der Waals surface area contributed by atoms with Gasteiger partial charge in [0.2, 0.25) is 5.91 Å². The van der Waals surface area contributed by atoms with Crippen molar-refractivity contribution in [3.05, 3.63) is 72.5 Å². The number of carbonyl (C=O) groups excluding carboxylic acids is 3. The van der Waals surface area contributed by atoms with E-state index in [-0.39, 0.29) is 24.0 Å². The lowest BCUT2D eigenvalue weighted by Gasteiger charge is -2.39. The molecule has 2 N–H and O–H groups in total. The van der Waals surface area contributed by atoms with Gasteiger partial charge in [0.1, 0.15) is 11.1 Å². The lowest BCUT2D eigenvalue weighted by atomic mass is 9.80. The number of hydrogen-bond acceptors (Lipinski definition) is 6. The number of carbonyl (C=O) groups is 3. The Morgan fingerprint density at radius 2 is 1.59 bits per heavy atom. The molecule has 1 saturated carbocycles. The fourth-order valence-corrected chi connectivity index (χ4v) is 6.09. The van der Waals surface area contributed by atoms with Crippen molar-refractivity contribution in [1.82, 2.24) is 10.6 Å². The van der Waals surface area contributed by atoms with Crippen molar-refractivity contribution in [2.45, 2.75) is 50.1 Å². The predicted octanol–water partition coefficient (Wildman–Crippen LogP) is 4.21. The number of piperidine rings is 1. The molecule has 0 spiro atoms. The molecule has 2 aliphatic heterocycles. The van der Waals surface area contributed by atoms with Gasteiger partial charge in [-0.25, -0.2) is 0 Å². The van der Waals surface area contributed by atoms with Crippen molar-refractivity contribution < 1.29 is 18.8 Å². The van der Waals surface area contributed by atoms with Crippen LogP contribution in [0.25, 0.3) is 11.0 Å². The lowest BCUT2D eigenvalue weighted by Crippen LogP contribution is -2.63. The zero-order valence-corrected chi connectivity index (χ0v) is 22.0. The molecule has 8 nitrogen and oxygen atoms in total. The number of rotatable bonds is 6. The van der Waals surface area contributed by atoms with E-state index in [4.69, 9.17) is 4.42 Å². The number of furan rings is 1. The van der Waals surface area contributed by atoms with E-state index in [0.29, 0.717) is 31.4 Å². The third-order valence-electron chi connectivity index (χ3n) is 8.25. The van der Waals surface area contributed by atoms with E-state index in [1.807, 2.05) is 36.4 Å². The molecule has 1 aromatic heterocycles. The van der Waals surface area contributed by atoms with Crippen LogP contribution in [-0.4, -0.2) is 55.4 Å². The van der Waals surface area contributed by atoms with Gasteiger partial charge < -0.3 is 24.9 Å². The standard InChI is InChI=1S/C31H34N4O4/c36-26-21-35(25-12-4-3-11-24(25)34-17-8-9-18-34)19-14-23(26)32-30(38)31(15-6-1-7-16-31)33-29(37)28-20-22-10-2-5-13-27(22)39-28/h2-5,8-13,20,23H,1,6-7,14-19,21H2,(H,32,38)(H,33,37). The van der Waals surface area contributed by atoms with Gasteiger partial charge >= 0.3 is 0 Å². The Balaban J connectivity index is 1.14. The molecule has 1 unspecified atom stereocenters. The first kappa shape index (κ1) is 25.2. The highest BCUT2D eigenvalue weighted by Crippen LogP contribution is 2.33. The van der Waals surface area contributed by atoms with E-state index < -0.39 is 17.5 Å². The van der Waals surface area contributed by atoms with Crippen LogP contribution in [0.2, 0.25) is 0 Å². The second-order valence-corrected chi connectivity index (χ2v) is 10.8. The van der Waals surface area contributed by atoms with E-state index >= 15 is 0 Å². The SMILES string of the molecule is O=C(NC1(C(=O)NC2CCN(c3ccccc3N3CC=CC3)CC2=O)CCCCC1)c1cc2ccccc2o1. The summed E-state index contributed by atoms with van der Waals surface area (Å²) in [6.45, 7) is 2.62. The number of benzene rings is 2. The summed E-state index contributed by atoms with van der Waals surface area (Å²) in [5, 5.41) is 6.87. The molecule has 1 aliphatic carbocycles. The zero-order valence-electron chi connectivity index (χ0n) is 22.0. The molecular weight excluding hydrogens is 492 g/mol. The summed E-state index contributed by atoms with van der Waals surface area (Å²) in [7, 11) is 0. The van der Waals surface area contributed by atoms with Crippen molar-refractivity contribution in [2.75, 3.05) is 36.0 Å². The second kappa shape index (κ2) is 10.6. The summed E-state index contributed by atoms with van der Waals surface area (Å²) >= 11 is 0. The Morgan fingerprint density at radius 1 is 0.897 bits per heavy atom. The third-order valence-corrected chi connectivity index (χ3v) is 8.25. The highest BCUT2D eigenvalue weighted by molar-refractivity contribution is 6.01. The van der Waals surface area contributed by atoms with Gasteiger partial charge in [-0.15, -0.1) is 0 Å². The number of fused-ring (bicyclic) bond motifs is 1. The fourth-order valence-electron chi connectivity index (χ4n) is 6.09.